The Kier molecular flexibility index (Phi) is 6.66. The van der Waals surface area contributed by atoms with Crippen molar-refractivity contribution in [3.8, 4) is 11.8 Å². The van der Waals surface area contributed by atoms with E-state index >= 15 is 0 Å². The summed E-state index contributed by atoms with van der Waals surface area (Å²) < 4.78 is 38.3. The average molecular weight is 365 g/mol. The third-order valence-electron chi connectivity index (χ3n) is 3.58. The van der Waals surface area contributed by atoms with Crippen molar-refractivity contribution >= 4 is 17.4 Å². The van der Waals surface area contributed by atoms with Gasteiger partial charge in [0, 0.05) is 23.5 Å². The lowest BCUT2D eigenvalue weighted by Gasteiger charge is -2.13. The molecule has 0 aliphatic rings. The Morgan fingerprint density at radius 3 is 2.32 bits per heavy atom. The molecule has 0 amide bonds. The Morgan fingerprint density at radius 2 is 1.68 bits per heavy atom. The molecule has 1 atom stereocenters. The van der Waals surface area contributed by atoms with Crippen LogP contribution in [-0.2, 0) is 0 Å². The standard InChI is InChI=1S/C20H16ClF3O/c21-18-9-5-4-6-16(18)12-10-15(14-20(22,23)24)11-13-19(25)17-7-2-1-3-8-17/h1-9,15H,11,13-14H2. The van der Waals surface area contributed by atoms with Gasteiger partial charge in [-0.05, 0) is 18.6 Å². The summed E-state index contributed by atoms with van der Waals surface area (Å²) in [7, 11) is 0. The fraction of sp³-hybridized carbons (Fsp3) is 0.250. The highest BCUT2D eigenvalue weighted by Gasteiger charge is 2.31. The van der Waals surface area contributed by atoms with Crippen molar-refractivity contribution in [2.45, 2.75) is 25.4 Å². The fourth-order valence-corrected chi connectivity index (χ4v) is 2.50. The third-order valence-corrected chi connectivity index (χ3v) is 3.91. The van der Waals surface area contributed by atoms with Gasteiger partial charge in [-0.3, -0.25) is 4.79 Å². The first-order valence-electron chi connectivity index (χ1n) is 7.76. The molecule has 2 rings (SSSR count). The number of halogens is 4. The molecule has 0 N–H and O–H groups in total. The molecule has 0 aliphatic carbocycles. The quantitative estimate of drug-likeness (QED) is 0.475. The topological polar surface area (TPSA) is 17.1 Å². The van der Waals surface area contributed by atoms with Crippen molar-refractivity contribution in [1.29, 1.82) is 0 Å². The van der Waals surface area contributed by atoms with Gasteiger partial charge in [0.25, 0.3) is 0 Å². The minimum atomic E-state index is -4.34. The maximum atomic E-state index is 12.8. The van der Waals surface area contributed by atoms with E-state index in [0.29, 0.717) is 16.1 Å². The van der Waals surface area contributed by atoms with Crippen LogP contribution in [0.5, 0.6) is 0 Å². The van der Waals surface area contributed by atoms with Crippen molar-refractivity contribution in [3.05, 3.63) is 70.7 Å². The largest absolute Gasteiger partial charge is 0.390 e. The molecule has 25 heavy (non-hydrogen) atoms. The van der Waals surface area contributed by atoms with Crippen LogP contribution in [0, 0.1) is 17.8 Å². The van der Waals surface area contributed by atoms with Crippen LogP contribution in [0.3, 0.4) is 0 Å². The van der Waals surface area contributed by atoms with Crippen LogP contribution < -0.4 is 0 Å². The van der Waals surface area contributed by atoms with Crippen LogP contribution in [0.1, 0.15) is 35.2 Å². The number of hydrogen-bond donors (Lipinski definition) is 0. The number of carbonyl (C=O) groups is 1. The van der Waals surface area contributed by atoms with Gasteiger partial charge in [-0.1, -0.05) is 65.9 Å². The van der Waals surface area contributed by atoms with Crippen LogP contribution in [0.2, 0.25) is 5.02 Å². The average Bonchev–Trinajstić information content (AvgIpc) is 2.58. The fourth-order valence-electron chi connectivity index (χ4n) is 2.32. The molecule has 0 bridgehead atoms. The van der Waals surface area contributed by atoms with E-state index in [1.165, 1.54) is 0 Å². The zero-order valence-corrected chi connectivity index (χ0v) is 14.1. The van der Waals surface area contributed by atoms with E-state index in [2.05, 4.69) is 11.8 Å². The Morgan fingerprint density at radius 1 is 1.04 bits per heavy atom. The minimum absolute atomic E-state index is 0.0158. The maximum Gasteiger partial charge on any atom is 0.390 e. The predicted octanol–water partition coefficient (Wildman–Crippen LogP) is 5.92. The molecule has 0 aliphatic heterocycles. The van der Waals surface area contributed by atoms with Gasteiger partial charge in [0.05, 0.1) is 11.4 Å². The van der Waals surface area contributed by atoms with E-state index in [1.54, 1.807) is 54.6 Å². The highest BCUT2D eigenvalue weighted by molar-refractivity contribution is 6.31. The van der Waals surface area contributed by atoms with Gasteiger partial charge in [0.2, 0.25) is 0 Å². The molecule has 1 nitrogen and oxygen atoms in total. The first kappa shape index (κ1) is 19.1. The normalized spacial score (nSPS) is 12.2. The maximum absolute atomic E-state index is 12.8. The molecule has 0 spiro atoms. The number of carbonyl (C=O) groups excluding carboxylic acids is 1. The molecular formula is C20H16ClF3O. The molecule has 0 fully saturated rings. The van der Waals surface area contributed by atoms with Gasteiger partial charge in [0.15, 0.2) is 5.78 Å². The highest BCUT2D eigenvalue weighted by Crippen LogP contribution is 2.27. The molecule has 0 saturated heterocycles. The zero-order valence-electron chi connectivity index (χ0n) is 13.3. The van der Waals surface area contributed by atoms with E-state index in [-0.39, 0.29) is 18.6 Å². The second-order valence-corrected chi connectivity index (χ2v) is 6.00. The number of hydrogen-bond acceptors (Lipinski definition) is 1. The first-order valence-corrected chi connectivity index (χ1v) is 8.14. The molecule has 1 unspecified atom stereocenters. The number of Topliss-reactive ketones (excluding diaryl/α,β-unsaturated/α-hetero) is 1. The molecule has 0 radical (unpaired) electrons. The zero-order chi connectivity index (χ0) is 18.3. The highest BCUT2D eigenvalue weighted by atomic mass is 35.5. The summed E-state index contributed by atoms with van der Waals surface area (Å²) in [5.74, 6) is 4.20. The summed E-state index contributed by atoms with van der Waals surface area (Å²) in [5, 5.41) is 0.390. The van der Waals surface area contributed by atoms with E-state index in [9.17, 15) is 18.0 Å². The second-order valence-electron chi connectivity index (χ2n) is 5.59. The summed E-state index contributed by atoms with van der Waals surface area (Å²) in [6, 6.07) is 15.2. The molecule has 0 aromatic heterocycles. The van der Waals surface area contributed by atoms with E-state index in [4.69, 9.17) is 11.6 Å². The summed E-state index contributed by atoms with van der Waals surface area (Å²) in [4.78, 5) is 12.1. The number of rotatable bonds is 5. The van der Waals surface area contributed by atoms with E-state index in [1.807, 2.05) is 0 Å². The molecule has 0 heterocycles. The van der Waals surface area contributed by atoms with Crippen LogP contribution in [0.15, 0.2) is 54.6 Å². The van der Waals surface area contributed by atoms with Gasteiger partial charge in [-0.25, -0.2) is 0 Å². The number of ketones is 1. The molecular weight excluding hydrogens is 349 g/mol. The lowest BCUT2D eigenvalue weighted by molar-refractivity contribution is -0.140. The van der Waals surface area contributed by atoms with Crippen LogP contribution in [-0.4, -0.2) is 12.0 Å². The van der Waals surface area contributed by atoms with Gasteiger partial charge in [-0.15, -0.1) is 0 Å². The first-order chi connectivity index (χ1) is 11.8. The van der Waals surface area contributed by atoms with Crippen molar-refractivity contribution in [1.82, 2.24) is 0 Å². The Hall–Kier alpha value is -2.25. The predicted molar refractivity (Wildman–Crippen MR) is 92.5 cm³/mol. The molecule has 130 valence electrons. The monoisotopic (exact) mass is 364 g/mol. The molecule has 2 aromatic carbocycles. The van der Waals surface area contributed by atoms with Gasteiger partial charge in [0.1, 0.15) is 0 Å². The summed E-state index contributed by atoms with van der Waals surface area (Å²) in [6.45, 7) is 0. The van der Waals surface area contributed by atoms with Gasteiger partial charge < -0.3 is 0 Å². The third kappa shape index (κ3) is 6.64. The molecule has 0 saturated carbocycles. The van der Waals surface area contributed by atoms with Crippen molar-refractivity contribution < 1.29 is 18.0 Å². The Balaban J connectivity index is 2.09. The summed E-state index contributed by atoms with van der Waals surface area (Å²) in [5.41, 5.74) is 0.970. The van der Waals surface area contributed by atoms with Crippen LogP contribution in [0.4, 0.5) is 13.2 Å². The Labute approximate surface area is 149 Å². The Bertz CT molecular complexity index is 773. The lowest BCUT2D eigenvalue weighted by atomic mass is 9.95. The number of alkyl halides is 3. The lowest BCUT2D eigenvalue weighted by Crippen LogP contribution is -2.15. The smallest absolute Gasteiger partial charge is 0.294 e. The van der Waals surface area contributed by atoms with Crippen molar-refractivity contribution in [2.75, 3.05) is 0 Å². The summed E-state index contributed by atoms with van der Waals surface area (Å²) in [6.07, 6.45) is -5.32. The molecule has 2 aromatic rings. The minimum Gasteiger partial charge on any atom is -0.294 e. The van der Waals surface area contributed by atoms with Gasteiger partial charge >= 0.3 is 6.18 Å². The van der Waals surface area contributed by atoms with E-state index < -0.39 is 18.5 Å². The van der Waals surface area contributed by atoms with Crippen molar-refractivity contribution in [2.24, 2.45) is 5.92 Å². The number of benzene rings is 2. The second kappa shape index (κ2) is 8.73. The van der Waals surface area contributed by atoms with Crippen LogP contribution in [0.25, 0.3) is 0 Å². The summed E-state index contributed by atoms with van der Waals surface area (Å²) >= 11 is 5.97. The SMILES string of the molecule is O=C(CCC(C#Cc1ccccc1Cl)CC(F)(F)F)c1ccccc1. The van der Waals surface area contributed by atoms with Crippen LogP contribution >= 0.6 is 11.6 Å². The molecule has 5 heteroatoms. The van der Waals surface area contributed by atoms with Gasteiger partial charge in [-0.2, -0.15) is 13.2 Å². The van der Waals surface area contributed by atoms with E-state index in [0.717, 1.165) is 0 Å². The van der Waals surface area contributed by atoms with Crippen molar-refractivity contribution in [3.63, 3.8) is 0 Å².